The van der Waals surface area contributed by atoms with E-state index in [0.29, 0.717) is 18.4 Å². The number of hydrogen-bond acceptors (Lipinski definition) is 7. The summed E-state index contributed by atoms with van der Waals surface area (Å²) in [5.74, 6) is -3.53. The zero-order valence-corrected chi connectivity index (χ0v) is 26.6. The number of nitrogens with zero attached hydrogens (tertiary/aromatic N) is 2. The number of allylic oxidation sites excluding steroid dienone is 1. The summed E-state index contributed by atoms with van der Waals surface area (Å²) in [5, 5.41) is 13.4. The van der Waals surface area contributed by atoms with Gasteiger partial charge < -0.3 is 29.7 Å². The number of carbonyl (C=O) groups excluding carboxylic acids is 4. The maximum atomic E-state index is 14.5. The van der Waals surface area contributed by atoms with Gasteiger partial charge in [-0.15, -0.1) is 13.2 Å². The quantitative estimate of drug-likeness (QED) is 0.179. The molecule has 4 rings (SSSR count). The molecule has 1 unspecified atom stereocenters. The van der Waals surface area contributed by atoms with E-state index in [1.807, 2.05) is 19.9 Å². The van der Waals surface area contributed by atoms with Gasteiger partial charge in [-0.3, -0.25) is 19.2 Å². The number of likely N-dealkylation sites (tertiary alicyclic amines) is 1. The molecule has 1 spiro atoms. The summed E-state index contributed by atoms with van der Waals surface area (Å²) in [5.41, 5.74) is -0.646. The number of carbonyl (C=O) groups is 4. The molecule has 8 atom stereocenters. The van der Waals surface area contributed by atoms with Gasteiger partial charge in [-0.05, 0) is 39.2 Å². The highest BCUT2D eigenvalue weighted by molar-refractivity contribution is 9.09. The first-order valence-electron chi connectivity index (χ1n) is 14.8. The molecule has 1 aromatic rings. The van der Waals surface area contributed by atoms with Crippen LogP contribution in [-0.4, -0.2) is 93.0 Å². The van der Waals surface area contributed by atoms with Crippen LogP contribution in [-0.2, 0) is 28.7 Å². The second-order valence-electron chi connectivity index (χ2n) is 11.8. The summed E-state index contributed by atoms with van der Waals surface area (Å²) >= 11 is 3.67. The van der Waals surface area contributed by atoms with Gasteiger partial charge in [0, 0.05) is 23.8 Å². The minimum Gasteiger partial charge on any atom is -0.460 e. The zero-order valence-electron chi connectivity index (χ0n) is 25.0. The number of nitrogens with one attached hydrogen (secondary N) is 1. The minimum absolute atomic E-state index is 0.111. The van der Waals surface area contributed by atoms with Crippen molar-refractivity contribution in [3.63, 3.8) is 0 Å². The van der Waals surface area contributed by atoms with Crippen molar-refractivity contribution in [3.8, 4) is 0 Å². The largest absolute Gasteiger partial charge is 0.460 e. The molecule has 0 saturated carbocycles. The number of esters is 1. The van der Waals surface area contributed by atoms with Gasteiger partial charge in [0.1, 0.15) is 17.7 Å². The Morgan fingerprint density at radius 1 is 1.23 bits per heavy atom. The number of hydrogen-bond donors (Lipinski definition) is 2. The summed E-state index contributed by atoms with van der Waals surface area (Å²) in [6, 6.07) is 6.92. The molecule has 2 N–H and O–H groups in total. The smallest absolute Gasteiger partial charge is 0.312 e. The Kier molecular flexibility index (Phi) is 10.5. The number of rotatable bonds is 14. The Bertz CT molecular complexity index is 1230. The number of aliphatic hydroxyl groups excluding tert-OH is 1. The molecule has 0 radical (unpaired) electrons. The van der Waals surface area contributed by atoms with Crippen LogP contribution in [0, 0.1) is 11.8 Å². The standard InChI is InChI=1S/C32H42BrN3O7/c1-6-8-14-24(38)34-17-20(5)42-31(41)25-26-29(39)36(23(18-37)21-12-10-9-11-13-21)28(30(40)35(15-7-2)19(3)4)32(26)16-22(33)27(25)43-32/h6-7,9-13,19-20,22-23,25-28,37H,1-2,8,14-18H2,3-5H3,(H,34,38)/t20-,22?,23+,25+,26-,27+,28+,32-/m0/s1. The topological polar surface area (TPSA) is 125 Å². The number of aliphatic hydroxyl groups is 1. The molecule has 2 bridgehead atoms. The van der Waals surface area contributed by atoms with Crippen molar-refractivity contribution in [1.29, 1.82) is 0 Å². The number of ether oxygens (including phenoxy) is 2. The predicted molar refractivity (Wildman–Crippen MR) is 164 cm³/mol. The van der Waals surface area contributed by atoms with Crippen LogP contribution < -0.4 is 5.32 Å². The number of fused-ring (bicyclic) bond motifs is 1. The van der Waals surface area contributed by atoms with Crippen LogP contribution in [0.15, 0.2) is 55.6 Å². The first kappa shape index (κ1) is 32.9. The molecule has 3 aliphatic heterocycles. The molecule has 11 heteroatoms. The van der Waals surface area contributed by atoms with Crippen molar-refractivity contribution < 1.29 is 33.8 Å². The Balaban J connectivity index is 1.70. The highest BCUT2D eigenvalue weighted by Crippen LogP contribution is 2.61. The maximum Gasteiger partial charge on any atom is 0.312 e. The monoisotopic (exact) mass is 659 g/mol. The van der Waals surface area contributed by atoms with E-state index >= 15 is 0 Å². The van der Waals surface area contributed by atoms with E-state index in [9.17, 15) is 24.3 Å². The number of halogens is 1. The number of alkyl halides is 1. The third-order valence-electron chi connectivity index (χ3n) is 8.64. The molecular formula is C32H42BrN3O7. The number of amides is 3. The average Bonchev–Trinajstić information content (AvgIpc) is 3.57. The van der Waals surface area contributed by atoms with Crippen molar-refractivity contribution in [2.24, 2.45) is 11.8 Å². The molecule has 3 aliphatic rings. The van der Waals surface area contributed by atoms with E-state index in [-0.39, 0.29) is 42.2 Å². The van der Waals surface area contributed by atoms with Gasteiger partial charge in [-0.1, -0.05) is 58.4 Å². The first-order chi connectivity index (χ1) is 20.5. The van der Waals surface area contributed by atoms with E-state index < -0.39 is 60.2 Å². The zero-order chi connectivity index (χ0) is 31.5. The molecule has 0 aromatic heterocycles. The fraction of sp³-hybridized carbons (Fsp3) is 0.562. The molecule has 3 fully saturated rings. The van der Waals surface area contributed by atoms with Crippen molar-refractivity contribution in [3.05, 3.63) is 61.2 Å². The highest BCUT2D eigenvalue weighted by atomic mass is 79.9. The number of benzene rings is 1. The molecule has 3 saturated heterocycles. The van der Waals surface area contributed by atoms with Gasteiger partial charge >= 0.3 is 5.97 Å². The first-order valence-corrected chi connectivity index (χ1v) is 15.7. The second kappa shape index (κ2) is 13.7. The average molecular weight is 661 g/mol. The molecule has 43 heavy (non-hydrogen) atoms. The van der Waals surface area contributed by atoms with Gasteiger partial charge in [0.25, 0.3) is 0 Å². The molecule has 1 aromatic carbocycles. The van der Waals surface area contributed by atoms with Crippen LogP contribution >= 0.6 is 15.9 Å². The van der Waals surface area contributed by atoms with E-state index in [2.05, 4.69) is 34.4 Å². The maximum absolute atomic E-state index is 14.5. The third kappa shape index (κ3) is 6.17. The van der Waals surface area contributed by atoms with Crippen molar-refractivity contribution in [1.82, 2.24) is 15.1 Å². The summed E-state index contributed by atoms with van der Waals surface area (Å²) in [6.07, 6.45) is 3.08. The van der Waals surface area contributed by atoms with Gasteiger partial charge in [0.2, 0.25) is 17.7 Å². The Morgan fingerprint density at radius 3 is 2.53 bits per heavy atom. The molecule has 3 heterocycles. The van der Waals surface area contributed by atoms with E-state index in [0.717, 1.165) is 0 Å². The molecular weight excluding hydrogens is 618 g/mol. The summed E-state index contributed by atoms with van der Waals surface area (Å²) in [7, 11) is 0. The van der Waals surface area contributed by atoms with Crippen molar-refractivity contribution in [2.45, 2.75) is 80.8 Å². The fourth-order valence-electron chi connectivity index (χ4n) is 6.73. The van der Waals surface area contributed by atoms with E-state index in [4.69, 9.17) is 9.47 Å². The van der Waals surface area contributed by atoms with E-state index in [1.165, 1.54) is 4.90 Å². The van der Waals surface area contributed by atoms with Gasteiger partial charge in [0.05, 0.1) is 37.1 Å². The van der Waals surface area contributed by atoms with Gasteiger partial charge in [-0.2, -0.15) is 0 Å². The predicted octanol–water partition coefficient (Wildman–Crippen LogP) is 2.91. The third-order valence-corrected chi connectivity index (χ3v) is 9.48. The molecule has 10 nitrogen and oxygen atoms in total. The molecule has 234 valence electrons. The molecule has 3 amide bonds. The second-order valence-corrected chi connectivity index (χ2v) is 12.9. The summed E-state index contributed by atoms with van der Waals surface area (Å²) in [6.45, 7) is 12.8. The Hall–Kier alpha value is -3.02. The van der Waals surface area contributed by atoms with Crippen LogP contribution in [0.4, 0.5) is 0 Å². The highest BCUT2D eigenvalue weighted by Gasteiger charge is 2.77. The van der Waals surface area contributed by atoms with Crippen molar-refractivity contribution >= 4 is 39.6 Å². The van der Waals surface area contributed by atoms with Crippen LogP contribution in [0.5, 0.6) is 0 Å². The lowest BCUT2D eigenvalue weighted by Gasteiger charge is -2.40. The van der Waals surface area contributed by atoms with Crippen LogP contribution in [0.2, 0.25) is 0 Å². The molecule has 0 aliphatic carbocycles. The van der Waals surface area contributed by atoms with E-state index in [1.54, 1.807) is 48.2 Å². The van der Waals surface area contributed by atoms with Crippen LogP contribution in [0.25, 0.3) is 0 Å². The lowest BCUT2D eigenvalue weighted by atomic mass is 9.70. The van der Waals surface area contributed by atoms with Crippen LogP contribution in [0.1, 0.15) is 51.6 Å². The lowest BCUT2D eigenvalue weighted by Crippen LogP contribution is -2.58. The SMILES string of the molecule is C=CCCC(=O)NC[C@H](C)OC(=O)[C@H]1[C@@H]2O[C@@]3(CC2Br)[C@@H]1C(=O)N([C@H](CO)c1ccccc1)[C@@H]3C(=O)N(CC=C)C(C)C. The lowest BCUT2D eigenvalue weighted by molar-refractivity contribution is -0.160. The summed E-state index contributed by atoms with van der Waals surface area (Å²) < 4.78 is 12.3. The Labute approximate surface area is 261 Å². The fourth-order valence-corrected chi connectivity index (χ4v) is 7.67. The summed E-state index contributed by atoms with van der Waals surface area (Å²) in [4.78, 5) is 57.5. The van der Waals surface area contributed by atoms with Gasteiger partial charge in [0.15, 0.2) is 0 Å². The van der Waals surface area contributed by atoms with Crippen molar-refractivity contribution in [2.75, 3.05) is 19.7 Å². The Morgan fingerprint density at radius 2 is 1.93 bits per heavy atom. The minimum atomic E-state index is -1.31. The van der Waals surface area contributed by atoms with Gasteiger partial charge in [-0.25, -0.2) is 0 Å². The van der Waals surface area contributed by atoms with Crippen LogP contribution in [0.3, 0.4) is 0 Å². The normalized spacial score (nSPS) is 28.7.